The first-order valence-electron chi connectivity index (χ1n) is 8.78. The van der Waals surface area contributed by atoms with E-state index in [0.717, 1.165) is 35.6 Å². The number of carbonyl (C=O) groups is 2. The highest BCUT2D eigenvalue weighted by Gasteiger charge is 2.66. The first-order valence-corrected chi connectivity index (χ1v) is 9.59. The van der Waals surface area contributed by atoms with Gasteiger partial charge in [0.25, 0.3) is 0 Å². The van der Waals surface area contributed by atoms with Crippen LogP contribution in [0.25, 0.3) is 10.2 Å². The lowest BCUT2D eigenvalue weighted by Crippen LogP contribution is -2.69. The van der Waals surface area contributed by atoms with Gasteiger partial charge in [0, 0.05) is 0 Å². The lowest BCUT2D eigenvalue weighted by Gasteiger charge is -2.33. The summed E-state index contributed by atoms with van der Waals surface area (Å²) in [6, 6.07) is 8.83. The molecule has 31 heavy (non-hydrogen) atoms. The van der Waals surface area contributed by atoms with Crippen LogP contribution in [0.5, 0.6) is 5.75 Å². The second kappa shape index (κ2) is 8.76. The van der Waals surface area contributed by atoms with Crippen LogP contribution in [-0.2, 0) is 9.53 Å². The molecule has 7 nitrogen and oxygen atoms in total. The predicted molar refractivity (Wildman–Crippen MR) is 104 cm³/mol. The predicted octanol–water partition coefficient (Wildman–Crippen LogP) is 4.46. The number of ether oxygens (including phenoxy) is 2. The van der Waals surface area contributed by atoms with Gasteiger partial charge in [-0.2, -0.15) is 13.2 Å². The largest absolute Gasteiger partial charge is 0.461 e. The molecule has 0 aliphatic carbocycles. The minimum absolute atomic E-state index is 0.000385. The Kier molecular flexibility index (Phi) is 6.29. The molecule has 0 saturated heterocycles. The average Bonchev–Trinajstić information content (AvgIpc) is 3.10. The van der Waals surface area contributed by atoms with E-state index in [-0.39, 0.29) is 5.13 Å². The van der Waals surface area contributed by atoms with Gasteiger partial charge in [0.1, 0.15) is 11.6 Å². The van der Waals surface area contributed by atoms with Gasteiger partial charge in [-0.3, -0.25) is 10.6 Å². The Balaban J connectivity index is 1.92. The molecule has 2 N–H and O–H groups in total. The number of alkyl halides is 3. The summed E-state index contributed by atoms with van der Waals surface area (Å²) in [5.74, 6) is -3.15. The van der Waals surface area contributed by atoms with Crippen LogP contribution in [0, 0.1) is 5.82 Å². The molecule has 12 heteroatoms. The summed E-state index contributed by atoms with van der Waals surface area (Å²) < 4.78 is 65.2. The maximum absolute atomic E-state index is 14.0. The van der Waals surface area contributed by atoms with E-state index >= 15 is 0 Å². The van der Waals surface area contributed by atoms with Crippen LogP contribution >= 0.6 is 11.3 Å². The van der Waals surface area contributed by atoms with Crippen molar-refractivity contribution < 1.29 is 36.6 Å². The van der Waals surface area contributed by atoms with Crippen molar-refractivity contribution in [3.8, 4) is 5.75 Å². The fraction of sp³-hybridized carbons (Fsp3) is 0.211. The summed E-state index contributed by atoms with van der Waals surface area (Å²) in [4.78, 5) is 28.8. The number of nitrogens with one attached hydrogen (secondary N) is 2. The van der Waals surface area contributed by atoms with Gasteiger partial charge in [0.15, 0.2) is 5.13 Å². The van der Waals surface area contributed by atoms with Crippen molar-refractivity contribution in [2.45, 2.75) is 18.8 Å². The van der Waals surface area contributed by atoms with Gasteiger partial charge in [-0.15, -0.1) is 0 Å². The molecule has 0 saturated carbocycles. The van der Waals surface area contributed by atoms with E-state index in [1.165, 1.54) is 12.2 Å². The van der Waals surface area contributed by atoms with Crippen LogP contribution in [0.1, 0.15) is 6.92 Å². The minimum Gasteiger partial charge on any atom is -0.461 e. The van der Waals surface area contributed by atoms with Gasteiger partial charge >= 0.3 is 23.9 Å². The molecule has 3 aromatic rings. The quantitative estimate of drug-likeness (QED) is 0.324. The molecular formula is C19H15F4N3O4S. The average molecular weight is 457 g/mol. The lowest BCUT2D eigenvalue weighted by molar-refractivity contribution is -0.259. The number of hydrogen-bond donors (Lipinski definition) is 2. The van der Waals surface area contributed by atoms with E-state index in [2.05, 4.69) is 15.0 Å². The Hall–Kier alpha value is -3.41. The van der Waals surface area contributed by atoms with Gasteiger partial charge in [0.2, 0.25) is 0 Å². The van der Waals surface area contributed by atoms with E-state index in [1.807, 2.05) is 0 Å². The Labute approximate surface area is 177 Å². The molecule has 1 heterocycles. The van der Waals surface area contributed by atoms with E-state index < -0.39 is 42.1 Å². The van der Waals surface area contributed by atoms with Gasteiger partial charge in [-0.05, 0) is 43.3 Å². The summed E-state index contributed by atoms with van der Waals surface area (Å²) in [7, 11) is 0. The number of para-hydroxylation sites is 1. The standard InChI is InChI=1S/C19H15F4N3O4S/c1-2-29-15(27)18(19(21,22)23,30-12-9-7-11(20)8-10-12)26-16(28)25-17-24-13-5-3-4-6-14(13)31-17/h3-10H,2H2,1H3,(H2,24,25,26,28). The molecule has 0 radical (unpaired) electrons. The van der Waals surface area contributed by atoms with Crippen molar-refractivity contribution in [3.63, 3.8) is 0 Å². The van der Waals surface area contributed by atoms with Crippen molar-refractivity contribution in [1.29, 1.82) is 0 Å². The normalized spacial score (nSPS) is 13.3. The summed E-state index contributed by atoms with van der Waals surface area (Å²) >= 11 is 1.02. The molecule has 0 aliphatic heterocycles. The third-order valence-electron chi connectivity index (χ3n) is 3.85. The number of thiazole rings is 1. The Morgan fingerprint density at radius 3 is 2.39 bits per heavy atom. The van der Waals surface area contributed by atoms with Gasteiger partial charge < -0.3 is 9.47 Å². The minimum atomic E-state index is -5.43. The van der Waals surface area contributed by atoms with Crippen LogP contribution in [0.3, 0.4) is 0 Å². The lowest BCUT2D eigenvalue weighted by atomic mass is 10.2. The van der Waals surface area contributed by atoms with E-state index in [9.17, 15) is 27.2 Å². The first-order chi connectivity index (χ1) is 14.6. The van der Waals surface area contributed by atoms with Gasteiger partial charge in [-0.1, -0.05) is 23.5 Å². The van der Waals surface area contributed by atoms with Gasteiger partial charge in [0.05, 0.1) is 16.8 Å². The monoisotopic (exact) mass is 457 g/mol. The Morgan fingerprint density at radius 1 is 1.10 bits per heavy atom. The molecule has 0 spiro atoms. The zero-order chi connectivity index (χ0) is 22.6. The smallest absolute Gasteiger partial charge is 0.460 e. The molecule has 1 unspecified atom stereocenters. The van der Waals surface area contributed by atoms with Crippen molar-refractivity contribution in [3.05, 3.63) is 54.3 Å². The van der Waals surface area contributed by atoms with Gasteiger partial charge in [-0.25, -0.2) is 19.0 Å². The molecule has 2 aromatic carbocycles. The number of hydrogen-bond acceptors (Lipinski definition) is 6. The van der Waals surface area contributed by atoms with E-state index in [0.29, 0.717) is 10.2 Å². The fourth-order valence-corrected chi connectivity index (χ4v) is 3.35. The number of carbonyl (C=O) groups excluding carboxylic acids is 2. The summed E-state index contributed by atoms with van der Waals surface area (Å²) in [5, 5.41) is 3.67. The summed E-state index contributed by atoms with van der Waals surface area (Å²) in [6.45, 7) is 0.878. The van der Waals surface area contributed by atoms with Crippen LogP contribution in [-0.4, -0.2) is 35.5 Å². The van der Waals surface area contributed by atoms with Crippen molar-refractivity contribution >= 4 is 38.7 Å². The van der Waals surface area contributed by atoms with E-state index in [4.69, 9.17) is 4.74 Å². The molecule has 164 valence electrons. The van der Waals surface area contributed by atoms with Crippen LogP contribution < -0.4 is 15.4 Å². The molecule has 0 fully saturated rings. The number of aromatic nitrogens is 1. The highest BCUT2D eigenvalue weighted by atomic mass is 32.1. The molecule has 2 amide bonds. The van der Waals surface area contributed by atoms with Crippen LogP contribution in [0.2, 0.25) is 0 Å². The maximum atomic E-state index is 14.0. The second-order valence-corrected chi connectivity index (χ2v) is 7.05. The van der Waals surface area contributed by atoms with Crippen molar-refractivity contribution in [1.82, 2.24) is 10.3 Å². The molecular weight excluding hydrogens is 442 g/mol. The fourth-order valence-electron chi connectivity index (χ4n) is 2.49. The number of esters is 1. The number of urea groups is 1. The highest BCUT2D eigenvalue weighted by Crippen LogP contribution is 2.35. The van der Waals surface area contributed by atoms with Crippen LogP contribution in [0.4, 0.5) is 27.5 Å². The van der Waals surface area contributed by atoms with Crippen molar-refractivity contribution in [2.24, 2.45) is 0 Å². The summed E-state index contributed by atoms with van der Waals surface area (Å²) in [6.07, 6.45) is -5.43. The number of halogens is 4. The molecule has 1 aromatic heterocycles. The maximum Gasteiger partial charge on any atom is 0.460 e. The van der Waals surface area contributed by atoms with Crippen LogP contribution in [0.15, 0.2) is 48.5 Å². The second-order valence-electron chi connectivity index (χ2n) is 6.02. The molecule has 0 aliphatic rings. The molecule has 3 rings (SSSR count). The third kappa shape index (κ3) is 4.85. The number of fused-ring (bicyclic) bond motifs is 1. The van der Waals surface area contributed by atoms with E-state index in [1.54, 1.807) is 24.3 Å². The summed E-state index contributed by atoms with van der Waals surface area (Å²) in [5.41, 5.74) is -3.36. The Bertz CT molecular complexity index is 1050. The van der Waals surface area contributed by atoms with Crippen molar-refractivity contribution in [2.75, 3.05) is 11.9 Å². The topological polar surface area (TPSA) is 89.5 Å². The zero-order valence-electron chi connectivity index (χ0n) is 15.8. The number of amides is 2. The zero-order valence-corrected chi connectivity index (χ0v) is 16.6. The number of nitrogens with zero attached hydrogens (tertiary/aromatic N) is 1. The number of benzene rings is 2. The number of anilines is 1. The highest BCUT2D eigenvalue weighted by molar-refractivity contribution is 7.22. The third-order valence-corrected chi connectivity index (χ3v) is 4.80. The Morgan fingerprint density at radius 2 is 1.77 bits per heavy atom. The SMILES string of the molecule is CCOC(=O)C(NC(=O)Nc1nc2ccccc2s1)(Oc1ccc(F)cc1)C(F)(F)F. The number of rotatable bonds is 6. The molecule has 0 bridgehead atoms. The molecule has 1 atom stereocenters. The first kappa shape index (κ1) is 22.3.